The summed E-state index contributed by atoms with van der Waals surface area (Å²) in [5.41, 5.74) is 1.46. The second kappa shape index (κ2) is 5.70. The molecule has 1 amide bonds. The lowest BCUT2D eigenvalue weighted by Crippen LogP contribution is -2.41. The molecule has 0 aliphatic heterocycles. The van der Waals surface area contributed by atoms with E-state index in [1.165, 1.54) is 6.42 Å². The Morgan fingerprint density at radius 2 is 2.06 bits per heavy atom. The van der Waals surface area contributed by atoms with Crippen LogP contribution in [0.2, 0.25) is 0 Å². The van der Waals surface area contributed by atoms with E-state index in [9.17, 15) is 4.79 Å². The molecule has 1 aliphatic rings. The Morgan fingerprint density at radius 1 is 1.41 bits per heavy atom. The summed E-state index contributed by atoms with van der Waals surface area (Å²) in [6.45, 7) is 13.5. The van der Waals surface area contributed by atoms with E-state index in [-0.39, 0.29) is 11.8 Å². The fraction of sp³-hybridized carbons (Fsp3) is 0.800. The van der Waals surface area contributed by atoms with E-state index in [4.69, 9.17) is 0 Å². The number of hydrogen-bond donors (Lipinski definition) is 1. The van der Waals surface area contributed by atoms with Crippen LogP contribution in [0.5, 0.6) is 0 Å². The van der Waals surface area contributed by atoms with Crippen LogP contribution in [0.1, 0.15) is 53.4 Å². The molecule has 1 N–H and O–H groups in total. The molecule has 0 saturated heterocycles. The molecule has 2 atom stereocenters. The van der Waals surface area contributed by atoms with E-state index < -0.39 is 0 Å². The van der Waals surface area contributed by atoms with Gasteiger partial charge in [-0.1, -0.05) is 32.9 Å². The Balaban J connectivity index is 2.73. The van der Waals surface area contributed by atoms with Crippen LogP contribution < -0.4 is 5.32 Å². The van der Waals surface area contributed by atoms with Crippen molar-refractivity contribution in [3.8, 4) is 0 Å². The molecule has 0 radical (unpaired) electrons. The molecule has 98 valence electrons. The minimum absolute atomic E-state index is 0.128. The van der Waals surface area contributed by atoms with Gasteiger partial charge in [0, 0.05) is 12.5 Å². The van der Waals surface area contributed by atoms with E-state index in [1.54, 1.807) is 0 Å². The second-order valence-electron chi connectivity index (χ2n) is 6.26. The first-order valence-corrected chi connectivity index (χ1v) is 6.80. The minimum atomic E-state index is 0.128. The van der Waals surface area contributed by atoms with Crippen molar-refractivity contribution in [2.75, 3.05) is 6.54 Å². The van der Waals surface area contributed by atoms with Crippen LogP contribution in [0.4, 0.5) is 0 Å². The van der Waals surface area contributed by atoms with Crippen molar-refractivity contribution < 1.29 is 4.79 Å². The third-order valence-electron chi connectivity index (χ3n) is 3.91. The molecular formula is C15H27NO. The van der Waals surface area contributed by atoms with Gasteiger partial charge in [0.2, 0.25) is 5.91 Å². The van der Waals surface area contributed by atoms with Gasteiger partial charge in [0.15, 0.2) is 0 Å². The fourth-order valence-corrected chi connectivity index (χ4v) is 2.83. The van der Waals surface area contributed by atoms with E-state index in [2.05, 4.69) is 39.6 Å². The van der Waals surface area contributed by atoms with Gasteiger partial charge in [-0.15, -0.1) is 0 Å². The molecule has 0 aromatic heterocycles. The molecule has 2 unspecified atom stereocenters. The van der Waals surface area contributed by atoms with Crippen LogP contribution in [-0.4, -0.2) is 12.5 Å². The maximum absolute atomic E-state index is 12.2. The second-order valence-corrected chi connectivity index (χ2v) is 6.26. The van der Waals surface area contributed by atoms with Crippen molar-refractivity contribution in [1.82, 2.24) is 5.32 Å². The van der Waals surface area contributed by atoms with Crippen LogP contribution in [-0.2, 0) is 4.79 Å². The van der Waals surface area contributed by atoms with Crippen LogP contribution in [0.15, 0.2) is 12.2 Å². The molecule has 2 nitrogen and oxygen atoms in total. The number of amides is 1. The molecular weight excluding hydrogens is 210 g/mol. The van der Waals surface area contributed by atoms with E-state index >= 15 is 0 Å². The fourth-order valence-electron chi connectivity index (χ4n) is 2.83. The lowest BCUT2D eigenvalue weighted by molar-refractivity contribution is -0.128. The summed E-state index contributed by atoms with van der Waals surface area (Å²) in [4.78, 5) is 12.2. The van der Waals surface area contributed by atoms with Gasteiger partial charge in [-0.25, -0.2) is 0 Å². The van der Waals surface area contributed by atoms with Gasteiger partial charge in [-0.2, -0.15) is 0 Å². The molecule has 17 heavy (non-hydrogen) atoms. The number of allylic oxidation sites excluding steroid dienone is 1. The number of hydrogen-bond acceptors (Lipinski definition) is 1. The number of carbonyl (C=O) groups is 1. The summed E-state index contributed by atoms with van der Waals surface area (Å²) < 4.78 is 0. The molecule has 0 aromatic rings. The van der Waals surface area contributed by atoms with Gasteiger partial charge in [-0.3, -0.25) is 4.79 Å². The third-order valence-corrected chi connectivity index (χ3v) is 3.91. The molecule has 1 fully saturated rings. The standard InChI is InChI=1S/C15H27NO/c1-6-9-16-14(17)13-10-15(4,5)8-7-12(13)11(2)3/h12-13H,2,6-10H2,1,3-5H3,(H,16,17). The van der Waals surface area contributed by atoms with Crippen molar-refractivity contribution in [3.05, 3.63) is 12.2 Å². The molecule has 0 bridgehead atoms. The highest BCUT2D eigenvalue weighted by Gasteiger charge is 2.38. The van der Waals surface area contributed by atoms with Crippen molar-refractivity contribution >= 4 is 5.91 Å². The van der Waals surface area contributed by atoms with Crippen LogP contribution in [0.25, 0.3) is 0 Å². The maximum atomic E-state index is 12.2. The van der Waals surface area contributed by atoms with Crippen LogP contribution >= 0.6 is 0 Å². The quantitative estimate of drug-likeness (QED) is 0.745. The average molecular weight is 237 g/mol. The highest BCUT2D eigenvalue weighted by atomic mass is 16.1. The van der Waals surface area contributed by atoms with Gasteiger partial charge in [0.25, 0.3) is 0 Å². The zero-order chi connectivity index (χ0) is 13.1. The summed E-state index contributed by atoms with van der Waals surface area (Å²) in [7, 11) is 0. The summed E-state index contributed by atoms with van der Waals surface area (Å²) in [6.07, 6.45) is 4.29. The zero-order valence-electron chi connectivity index (χ0n) is 11.8. The summed E-state index contributed by atoms with van der Waals surface area (Å²) in [5, 5.41) is 3.04. The van der Waals surface area contributed by atoms with Gasteiger partial charge in [-0.05, 0) is 43.9 Å². The average Bonchev–Trinajstić information content (AvgIpc) is 2.24. The highest BCUT2D eigenvalue weighted by molar-refractivity contribution is 5.79. The summed E-state index contributed by atoms with van der Waals surface area (Å²) >= 11 is 0. The zero-order valence-corrected chi connectivity index (χ0v) is 11.8. The lowest BCUT2D eigenvalue weighted by Gasteiger charge is -2.40. The third kappa shape index (κ3) is 3.86. The SMILES string of the molecule is C=C(C)C1CCC(C)(C)CC1C(=O)NCCC. The number of carbonyl (C=O) groups excluding carboxylic acids is 1. The first kappa shape index (κ1) is 14.3. The van der Waals surface area contributed by atoms with E-state index in [1.807, 2.05) is 0 Å². The Bertz CT molecular complexity index is 293. The van der Waals surface area contributed by atoms with Crippen LogP contribution in [0.3, 0.4) is 0 Å². The lowest BCUT2D eigenvalue weighted by atomic mass is 9.65. The molecule has 0 spiro atoms. The normalized spacial score (nSPS) is 27.5. The van der Waals surface area contributed by atoms with E-state index in [0.717, 1.165) is 31.4 Å². The molecule has 0 heterocycles. The van der Waals surface area contributed by atoms with Crippen molar-refractivity contribution in [1.29, 1.82) is 0 Å². The molecule has 1 rings (SSSR count). The van der Waals surface area contributed by atoms with Gasteiger partial charge in [0.05, 0.1) is 0 Å². The van der Waals surface area contributed by atoms with Gasteiger partial charge >= 0.3 is 0 Å². The van der Waals surface area contributed by atoms with Gasteiger partial charge in [0.1, 0.15) is 0 Å². The van der Waals surface area contributed by atoms with Crippen molar-refractivity contribution in [3.63, 3.8) is 0 Å². The van der Waals surface area contributed by atoms with Crippen LogP contribution in [0, 0.1) is 17.3 Å². The molecule has 0 aromatic carbocycles. The van der Waals surface area contributed by atoms with E-state index in [0.29, 0.717) is 11.3 Å². The molecule has 1 aliphatic carbocycles. The van der Waals surface area contributed by atoms with Crippen molar-refractivity contribution in [2.24, 2.45) is 17.3 Å². The Morgan fingerprint density at radius 3 is 2.59 bits per heavy atom. The smallest absolute Gasteiger partial charge is 0.223 e. The predicted octanol–water partition coefficient (Wildman–Crippen LogP) is 3.53. The van der Waals surface area contributed by atoms with Crippen molar-refractivity contribution in [2.45, 2.75) is 53.4 Å². The Hall–Kier alpha value is -0.790. The maximum Gasteiger partial charge on any atom is 0.223 e. The topological polar surface area (TPSA) is 29.1 Å². The predicted molar refractivity (Wildman–Crippen MR) is 72.7 cm³/mol. The number of rotatable bonds is 4. The van der Waals surface area contributed by atoms with Gasteiger partial charge < -0.3 is 5.32 Å². The number of nitrogens with one attached hydrogen (secondary N) is 1. The summed E-state index contributed by atoms with van der Waals surface area (Å²) in [5.74, 6) is 0.732. The Labute approximate surface area is 106 Å². The monoisotopic (exact) mass is 237 g/mol. The first-order valence-electron chi connectivity index (χ1n) is 6.80. The Kier molecular flexibility index (Phi) is 4.79. The first-order chi connectivity index (χ1) is 7.87. The largest absolute Gasteiger partial charge is 0.356 e. The summed E-state index contributed by atoms with van der Waals surface area (Å²) in [6, 6.07) is 0. The minimum Gasteiger partial charge on any atom is -0.356 e. The molecule has 2 heteroatoms. The highest BCUT2D eigenvalue weighted by Crippen LogP contribution is 2.44. The molecule has 1 saturated carbocycles.